The minimum Gasteiger partial charge on any atom is -0.497 e. The van der Waals surface area contributed by atoms with Crippen LogP contribution in [0, 0.1) is 5.82 Å². The molecule has 7 heteroatoms. The second-order valence-electron chi connectivity index (χ2n) is 5.12. The first kappa shape index (κ1) is 17.0. The number of halogens is 1. The molecule has 1 amide bonds. The third-order valence-corrected chi connectivity index (χ3v) is 4.38. The topological polar surface area (TPSA) is 56.2 Å². The molecule has 0 bridgehead atoms. The average Bonchev–Trinajstić information content (AvgIpc) is 3.10. The number of hydrogen-bond acceptors (Lipinski definition) is 4. The molecule has 0 saturated carbocycles. The molecule has 3 aromatic rings. The smallest absolute Gasteiger partial charge is 0.234 e. The average molecular weight is 357 g/mol. The van der Waals surface area contributed by atoms with Crippen molar-refractivity contribution in [2.45, 2.75) is 5.16 Å². The van der Waals surface area contributed by atoms with Gasteiger partial charge in [-0.2, -0.15) is 0 Å². The van der Waals surface area contributed by atoms with E-state index in [1.165, 1.54) is 36.0 Å². The van der Waals surface area contributed by atoms with Crippen LogP contribution in [0.25, 0.3) is 5.69 Å². The number of nitrogens with one attached hydrogen (secondary N) is 1. The lowest BCUT2D eigenvalue weighted by atomic mass is 10.3. The Morgan fingerprint density at radius 2 is 1.92 bits per heavy atom. The Bertz CT molecular complexity index is 848. The van der Waals surface area contributed by atoms with Crippen LogP contribution in [-0.2, 0) is 4.79 Å². The van der Waals surface area contributed by atoms with Crippen LogP contribution < -0.4 is 10.1 Å². The number of carbonyl (C=O) groups is 1. The van der Waals surface area contributed by atoms with E-state index in [9.17, 15) is 9.18 Å². The quantitative estimate of drug-likeness (QED) is 0.683. The molecule has 25 heavy (non-hydrogen) atoms. The van der Waals surface area contributed by atoms with Gasteiger partial charge in [0.1, 0.15) is 11.6 Å². The number of carbonyl (C=O) groups excluding carboxylic acids is 1. The molecule has 5 nitrogen and oxygen atoms in total. The molecular weight excluding hydrogens is 341 g/mol. The summed E-state index contributed by atoms with van der Waals surface area (Å²) in [5.41, 5.74) is 1.49. The van der Waals surface area contributed by atoms with Crippen LogP contribution in [0.5, 0.6) is 5.75 Å². The predicted octanol–water partition coefficient (Wildman–Crippen LogP) is 3.75. The molecule has 0 aliphatic rings. The van der Waals surface area contributed by atoms with Crippen molar-refractivity contribution in [3.05, 3.63) is 66.7 Å². The van der Waals surface area contributed by atoms with Gasteiger partial charge in [0, 0.05) is 23.8 Å². The number of methoxy groups -OCH3 is 1. The minimum absolute atomic E-state index is 0.180. The molecule has 0 aliphatic carbocycles. The van der Waals surface area contributed by atoms with Crippen molar-refractivity contribution in [3.8, 4) is 11.4 Å². The largest absolute Gasteiger partial charge is 0.497 e. The lowest BCUT2D eigenvalue weighted by Gasteiger charge is -2.09. The fourth-order valence-electron chi connectivity index (χ4n) is 2.20. The van der Waals surface area contributed by atoms with E-state index in [4.69, 9.17) is 4.74 Å². The summed E-state index contributed by atoms with van der Waals surface area (Å²) < 4.78 is 19.9. The Morgan fingerprint density at radius 3 is 2.60 bits per heavy atom. The van der Waals surface area contributed by atoms with Gasteiger partial charge in [0.05, 0.1) is 12.9 Å². The Balaban J connectivity index is 1.62. The first-order valence-corrected chi connectivity index (χ1v) is 8.50. The highest BCUT2D eigenvalue weighted by Crippen LogP contribution is 2.22. The van der Waals surface area contributed by atoms with E-state index in [0.29, 0.717) is 10.8 Å². The van der Waals surface area contributed by atoms with Gasteiger partial charge in [-0.15, -0.1) is 0 Å². The van der Waals surface area contributed by atoms with Crippen LogP contribution in [0.15, 0.2) is 66.1 Å². The number of anilines is 1. The van der Waals surface area contributed by atoms with Crippen molar-refractivity contribution < 1.29 is 13.9 Å². The molecule has 2 aromatic carbocycles. The number of benzene rings is 2. The van der Waals surface area contributed by atoms with Gasteiger partial charge in [0.25, 0.3) is 0 Å². The second kappa shape index (κ2) is 7.85. The summed E-state index contributed by atoms with van der Waals surface area (Å²) in [6.45, 7) is 0. The Hall–Kier alpha value is -2.80. The number of hydrogen-bond donors (Lipinski definition) is 1. The maximum atomic E-state index is 12.9. The van der Waals surface area contributed by atoms with Gasteiger partial charge in [0.15, 0.2) is 5.16 Å². The highest BCUT2D eigenvalue weighted by molar-refractivity contribution is 7.99. The van der Waals surface area contributed by atoms with Gasteiger partial charge in [-0.1, -0.05) is 11.8 Å². The van der Waals surface area contributed by atoms with E-state index in [0.717, 1.165) is 11.4 Å². The first-order chi connectivity index (χ1) is 12.2. The van der Waals surface area contributed by atoms with Crippen molar-refractivity contribution in [2.24, 2.45) is 0 Å². The van der Waals surface area contributed by atoms with E-state index in [-0.39, 0.29) is 17.5 Å². The number of imidazole rings is 1. The van der Waals surface area contributed by atoms with E-state index in [1.54, 1.807) is 13.3 Å². The van der Waals surface area contributed by atoms with Gasteiger partial charge >= 0.3 is 0 Å². The second-order valence-corrected chi connectivity index (χ2v) is 6.06. The van der Waals surface area contributed by atoms with Gasteiger partial charge in [-0.05, 0) is 48.5 Å². The molecule has 1 heterocycles. The normalized spacial score (nSPS) is 10.5. The Morgan fingerprint density at radius 1 is 1.20 bits per heavy atom. The monoisotopic (exact) mass is 357 g/mol. The summed E-state index contributed by atoms with van der Waals surface area (Å²) >= 11 is 1.32. The molecular formula is C18H16FN3O2S. The van der Waals surface area contributed by atoms with Gasteiger partial charge in [-0.25, -0.2) is 9.37 Å². The van der Waals surface area contributed by atoms with Gasteiger partial charge in [-0.3, -0.25) is 9.36 Å². The molecule has 0 saturated heterocycles. The van der Waals surface area contributed by atoms with Gasteiger partial charge in [0.2, 0.25) is 5.91 Å². The summed E-state index contributed by atoms with van der Waals surface area (Å²) in [5.74, 6) is 0.455. The maximum Gasteiger partial charge on any atom is 0.234 e. The molecule has 1 aromatic heterocycles. The minimum atomic E-state index is -0.339. The van der Waals surface area contributed by atoms with Crippen LogP contribution in [-0.4, -0.2) is 28.3 Å². The molecule has 1 N–H and O–H groups in total. The molecule has 3 rings (SSSR count). The summed E-state index contributed by atoms with van der Waals surface area (Å²) in [7, 11) is 1.62. The third-order valence-electron chi connectivity index (χ3n) is 3.42. The van der Waals surface area contributed by atoms with Crippen LogP contribution in [0.1, 0.15) is 0 Å². The molecule has 0 spiro atoms. The highest BCUT2D eigenvalue weighted by atomic mass is 32.2. The van der Waals surface area contributed by atoms with Crippen molar-refractivity contribution >= 4 is 23.4 Å². The highest BCUT2D eigenvalue weighted by Gasteiger charge is 2.09. The Labute approximate surface area is 148 Å². The number of aromatic nitrogens is 2. The summed E-state index contributed by atoms with van der Waals surface area (Å²) in [4.78, 5) is 16.3. The maximum absolute atomic E-state index is 12.9. The third kappa shape index (κ3) is 4.39. The fraction of sp³-hybridized carbons (Fsp3) is 0.111. The lowest BCUT2D eigenvalue weighted by molar-refractivity contribution is -0.113. The van der Waals surface area contributed by atoms with Crippen molar-refractivity contribution in [2.75, 3.05) is 18.2 Å². The standard InChI is InChI=1S/C18H16FN3O2S/c1-24-16-8-6-15(7-9-16)22-11-10-20-18(22)25-12-17(23)21-14-4-2-13(19)3-5-14/h2-11H,12H2,1H3,(H,21,23). The first-order valence-electron chi connectivity index (χ1n) is 7.52. The number of amides is 1. The zero-order valence-corrected chi connectivity index (χ0v) is 14.3. The van der Waals surface area contributed by atoms with Crippen LogP contribution >= 0.6 is 11.8 Å². The molecule has 128 valence electrons. The Kier molecular flexibility index (Phi) is 5.35. The number of thioether (sulfide) groups is 1. The molecule has 0 aliphatic heterocycles. The number of rotatable bonds is 6. The number of ether oxygens (including phenoxy) is 1. The van der Waals surface area contributed by atoms with Crippen LogP contribution in [0.2, 0.25) is 0 Å². The predicted molar refractivity (Wildman–Crippen MR) is 95.9 cm³/mol. The zero-order chi connectivity index (χ0) is 17.6. The van der Waals surface area contributed by atoms with E-state index >= 15 is 0 Å². The lowest BCUT2D eigenvalue weighted by Crippen LogP contribution is -2.14. The van der Waals surface area contributed by atoms with Crippen molar-refractivity contribution in [1.82, 2.24) is 9.55 Å². The molecule has 0 radical (unpaired) electrons. The summed E-state index contributed by atoms with van der Waals surface area (Å²) in [5, 5.41) is 3.43. The fourth-order valence-corrected chi connectivity index (χ4v) is 2.97. The van der Waals surface area contributed by atoms with Crippen LogP contribution in [0.3, 0.4) is 0 Å². The molecule has 0 fully saturated rings. The van der Waals surface area contributed by atoms with Crippen LogP contribution in [0.4, 0.5) is 10.1 Å². The van der Waals surface area contributed by atoms with Crippen molar-refractivity contribution in [3.63, 3.8) is 0 Å². The molecule has 0 unspecified atom stereocenters. The van der Waals surface area contributed by atoms with Gasteiger partial charge < -0.3 is 10.1 Å². The summed E-state index contributed by atoms with van der Waals surface area (Å²) in [6, 6.07) is 13.2. The molecule has 0 atom stereocenters. The summed E-state index contributed by atoms with van der Waals surface area (Å²) in [6.07, 6.45) is 3.52. The number of nitrogens with zero attached hydrogens (tertiary/aromatic N) is 2. The SMILES string of the molecule is COc1ccc(-n2ccnc2SCC(=O)Nc2ccc(F)cc2)cc1. The van der Waals surface area contributed by atoms with E-state index < -0.39 is 0 Å². The van der Waals surface area contributed by atoms with E-state index in [1.807, 2.05) is 35.0 Å². The van der Waals surface area contributed by atoms with E-state index in [2.05, 4.69) is 10.3 Å². The zero-order valence-electron chi connectivity index (χ0n) is 13.5. The van der Waals surface area contributed by atoms with Crippen molar-refractivity contribution in [1.29, 1.82) is 0 Å².